The molecule has 2 aromatic rings. The van der Waals surface area contributed by atoms with E-state index in [2.05, 4.69) is 4.98 Å². The van der Waals surface area contributed by atoms with Gasteiger partial charge in [-0.25, -0.2) is 9.37 Å². The topological polar surface area (TPSA) is 48.1 Å². The first kappa shape index (κ1) is 9.92. The van der Waals surface area contributed by atoms with Crippen LogP contribution in [0, 0.1) is 12.7 Å². The number of nitrogen functional groups attached to an aromatic ring is 1. The summed E-state index contributed by atoms with van der Waals surface area (Å²) in [6, 6.07) is 3.99. The maximum atomic E-state index is 12.9. The normalized spacial score (nSPS) is 10.3. The summed E-state index contributed by atoms with van der Waals surface area (Å²) < 4.78 is 18.3. The van der Waals surface area contributed by atoms with Crippen molar-refractivity contribution in [3.63, 3.8) is 0 Å². The van der Waals surface area contributed by atoms with Crippen LogP contribution in [0.4, 0.5) is 10.1 Å². The molecule has 0 saturated heterocycles. The zero-order valence-electron chi connectivity index (χ0n) is 8.03. The summed E-state index contributed by atoms with van der Waals surface area (Å²) in [6.45, 7) is 1.86. The molecule has 15 heavy (non-hydrogen) atoms. The average Bonchev–Trinajstić information content (AvgIpc) is 2.58. The van der Waals surface area contributed by atoms with Gasteiger partial charge in [-0.1, -0.05) is 11.3 Å². The minimum atomic E-state index is -0.382. The lowest BCUT2D eigenvalue weighted by atomic mass is 10.3. The Morgan fingerprint density at radius 1 is 1.47 bits per heavy atom. The number of hydrogen-bond acceptors (Lipinski definition) is 4. The fourth-order valence-corrected chi connectivity index (χ4v) is 1.73. The van der Waals surface area contributed by atoms with Crippen LogP contribution in [-0.4, -0.2) is 4.98 Å². The fourth-order valence-electron chi connectivity index (χ4n) is 1.07. The monoisotopic (exact) mass is 224 g/mol. The summed E-state index contributed by atoms with van der Waals surface area (Å²) in [7, 11) is 0. The molecule has 0 bridgehead atoms. The number of aryl methyl sites for hydroxylation is 1. The van der Waals surface area contributed by atoms with Crippen molar-refractivity contribution >= 4 is 17.0 Å². The summed E-state index contributed by atoms with van der Waals surface area (Å²) in [6.07, 6.45) is 0. The second-order valence-electron chi connectivity index (χ2n) is 3.04. The van der Waals surface area contributed by atoms with Crippen LogP contribution in [0.3, 0.4) is 0 Å². The van der Waals surface area contributed by atoms with Crippen molar-refractivity contribution in [3.8, 4) is 10.9 Å². The number of anilines is 1. The number of nitrogens with two attached hydrogens (primary N) is 1. The Kier molecular flexibility index (Phi) is 2.55. The summed E-state index contributed by atoms with van der Waals surface area (Å²) in [4.78, 5) is 4.10. The van der Waals surface area contributed by atoms with E-state index in [0.29, 0.717) is 16.6 Å². The van der Waals surface area contributed by atoms with E-state index in [1.165, 1.54) is 29.5 Å². The third-order valence-corrected chi connectivity index (χ3v) is 2.61. The highest BCUT2D eigenvalue weighted by Crippen LogP contribution is 2.29. The molecule has 0 saturated carbocycles. The smallest absolute Gasteiger partial charge is 0.278 e. The van der Waals surface area contributed by atoms with E-state index in [1.807, 2.05) is 12.3 Å². The van der Waals surface area contributed by atoms with Crippen molar-refractivity contribution in [2.45, 2.75) is 6.92 Å². The van der Waals surface area contributed by atoms with Crippen LogP contribution >= 0.6 is 11.3 Å². The largest absolute Gasteiger partial charge is 0.429 e. The van der Waals surface area contributed by atoms with Crippen molar-refractivity contribution in [1.29, 1.82) is 0 Å². The van der Waals surface area contributed by atoms with Gasteiger partial charge in [-0.15, -0.1) is 0 Å². The molecule has 0 amide bonds. The minimum absolute atomic E-state index is 0.296. The van der Waals surface area contributed by atoms with E-state index in [1.54, 1.807) is 0 Å². The van der Waals surface area contributed by atoms with E-state index >= 15 is 0 Å². The molecule has 1 heterocycles. The van der Waals surface area contributed by atoms with E-state index < -0.39 is 0 Å². The SMILES string of the molecule is Cc1csc(Oc2cc(F)ccc2N)n1. The van der Waals surface area contributed by atoms with E-state index in [4.69, 9.17) is 10.5 Å². The van der Waals surface area contributed by atoms with Gasteiger partial charge < -0.3 is 10.5 Å². The lowest BCUT2D eigenvalue weighted by molar-refractivity contribution is 0.475. The van der Waals surface area contributed by atoms with Crippen LogP contribution in [0.2, 0.25) is 0 Å². The number of nitrogens with zero attached hydrogens (tertiary/aromatic N) is 1. The molecule has 0 aliphatic carbocycles. The van der Waals surface area contributed by atoms with Gasteiger partial charge in [0.25, 0.3) is 5.19 Å². The second kappa shape index (κ2) is 3.86. The van der Waals surface area contributed by atoms with E-state index in [-0.39, 0.29) is 5.82 Å². The van der Waals surface area contributed by atoms with Gasteiger partial charge in [0, 0.05) is 11.4 Å². The quantitative estimate of drug-likeness (QED) is 0.798. The highest BCUT2D eigenvalue weighted by atomic mass is 32.1. The maximum absolute atomic E-state index is 12.9. The van der Waals surface area contributed by atoms with Gasteiger partial charge in [0.1, 0.15) is 5.82 Å². The molecule has 5 heteroatoms. The van der Waals surface area contributed by atoms with Crippen LogP contribution in [0.5, 0.6) is 10.9 Å². The van der Waals surface area contributed by atoms with Crippen molar-refractivity contribution in [1.82, 2.24) is 4.98 Å². The number of hydrogen-bond donors (Lipinski definition) is 1. The lowest BCUT2D eigenvalue weighted by Gasteiger charge is -2.04. The van der Waals surface area contributed by atoms with Gasteiger partial charge in [-0.3, -0.25) is 0 Å². The highest BCUT2D eigenvalue weighted by Gasteiger charge is 2.06. The third-order valence-electron chi connectivity index (χ3n) is 1.77. The summed E-state index contributed by atoms with van der Waals surface area (Å²) in [5.41, 5.74) is 6.89. The summed E-state index contributed by atoms with van der Waals surface area (Å²) in [5, 5.41) is 2.31. The number of aromatic nitrogens is 1. The minimum Gasteiger partial charge on any atom is -0.429 e. The zero-order chi connectivity index (χ0) is 10.8. The lowest BCUT2D eigenvalue weighted by Crippen LogP contribution is -1.92. The molecular weight excluding hydrogens is 215 g/mol. The Balaban J connectivity index is 2.27. The zero-order valence-corrected chi connectivity index (χ0v) is 8.84. The molecule has 1 aromatic carbocycles. The Bertz CT molecular complexity index is 484. The van der Waals surface area contributed by atoms with Crippen molar-refractivity contribution in [2.75, 3.05) is 5.73 Å². The first-order valence-corrected chi connectivity index (χ1v) is 5.18. The van der Waals surface area contributed by atoms with Crippen LogP contribution < -0.4 is 10.5 Å². The van der Waals surface area contributed by atoms with Crippen molar-refractivity contribution < 1.29 is 9.13 Å². The Hall–Kier alpha value is -1.62. The predicted molar refractivity (Wildman–Crippen MR) is 57.7 cm³/mol. The first-order chi connectivity index (χ1) is 7.15. The molecule has 2 N–H and O–H groups in total. The van der Waals surface area contributed by atoms with Gasteiger partial charge in [0.15, 0.2) is 5.75 Å². The van der Waals surface area contributed by atoms with Crippen LogP contribution in [0.1, 0.15) is 5.69 Å². The van der Waals surface area contributed by atoms with Gasteiger partial charge in [-0.2, -0.15) is 0 Å². The van der Waals surface area contributed by atoms with Crippen molar-refractivity contribution in [3.05, 3.63) is 35.1 Å². The van der Waals surface area contributed by atoms with Crippen LogP contribution in [0.15, 0.2) is 23.6 Å². The maximum Gasteiger partial charge on any atom is 0.278 e. The molecule has 0 atom stereocenters. The summed E-state index contributed by atoms with van der Waals surface area (Å²) in [5.74, 6) is -0.0863. The Morgan fingerprint density at radius 2 is 2.27 bits per heavy atom. The third kappa shape index (κ3) is 2.24. The fraction of sp³-hybridized carbons (Fsp3) is 0.100. The van der Waals surface area contributed by atoms with Crippen molar-refractivity contribution in [2.24, 2.45) is 0 Å². The van der Waals surface area contributed by atoms with Gasteiger partial charge in [0.2, 0.25) is 0 Å². The molecule has 0 radical (unpaired) electrons. The Labute approximate surface area is 90.3 Å². The number of ether oxygens (including phenoxy) is 1. The molecule has 0 aliphatic heterocycles. The van der Waals surface area contributed by atoms with Gasteiger partial charge in [-0.05, 0) is 19.1 Å². The predicted octanol–water partition coefficient (Wildman–Crippen LogP) is 2.97. The molecule has 3 nitrogen and oxygen atoms in total. The van der Waals surface area contributed by atoms with E-state index in [9.17, 15) is 4.39 Å². The van der Waals surface area contributed by atoms with Gasteiger partial charge in [0.05, 0.1) is 11.4 Å². The number of rotatable bonds is 2. The number of halogens is 1. The van der Waals surface area contributed by atoms with E-state index in [0.717, 1.165) is 5.69 Å². The van der Waals surface area contributed by atoms with Crippen LogP contribution in [0.25, 0.3) is 0 Å². The van der Waals surface area contributed by atoms with Crippen LogP contribution in [-0.2, 0) is 0 Å². The number of thiazole rings is 1. The van der Waals surface area contributed by atoms with Gasteiger partial charge >= 0.3 is 0 Å². The first-order valence-electron chi connectivity index (χ1n) is 4.30. The summed E-state index contributed by atoms with van der Waals surface area (Å²) >= 11 is 1.35. The molecule has 0 fully saturated rings. The molecule has 78 valence electrons. The standard InChI is InChI=1S/C10H9FN2OS/c1-6-5-15-10(13-6)14-9-4-7(11)2-3-8(9)12/h2-5H,12H2,1H3. The molecular formula is C10H9FN2OS. The molecule has 0 unspecified atom stereocenters. The average molecular weight is 224 g/mol. The molecule has 2 rings (SSSR count). The molecule has 1 aromatic heterocycles. The number of benzene rings is 1. The second-order valence-corrected chi connectivity index (χ2v) is 3.86. The Morgan fingerprint density at radius 3 is 2.93 bits per heavy atom. The highest BCUT2D eigenvalue weighted by molar-refractivity contribution is 7.11. The molecule has 0 spiro atoms. The molecule has 0 aliphatic rings.